The van der Waals surface area contributed by atoms with Crippen molar-refractivity contribution in [3.63, 3.8) is 0 Å². The fraction of sp³-hybridized carbons (Fsp3) is 0.645. The molecule has 1 spiro atoms. The summed E-state index contributed by atoms with van der Waals surface area (Å²) >= 11 is 6.30. The summed E-state index contributed by atoms with van der Waals surface area (Å²) in [6.45, 7) is 5.09. The van der Waals surface area contributed by atoms with Crippen LogP contribution in [0.2, 0.25) is 5.02 Å². The number of anilines is 1. The molecule has 5 atom stereocenters. The lowest BCUT2D eigenvalue weighted by Gasteiger charge is -2.35. The van der Waals surface area contributed by atoms with Crippen molar-refractivity contribution in [2.24, 2.45) is 11.8 Å². The molecule has 5 aliphatic rings. The molecule has 6 rings (SSSR count). The lowest BCUT2D eigenvalue weighted by molar-refractivity contribution is -0.141. The number of rotatable bonds is 7. The molecule has 1 aromatic rings. The number of nitrogens with zero attached hydrogens (tertiary/aromatic N) is 2. The van der Waals surface area contributed by atoms with Crippen LogP contribution in [0.4, 0.5) is 5.69 Å². The first kappa shape index (κ1) is 27.7. The number of aryl methyl sites for hydroxylation is 1. The van der Waals surface area contributed by atoms with Gasteiger partial charge in [0.2, 0.25) is 17.7 Å². The van der Waals surface area contributed by atoms with Crippen LogP contribution in [0.5, 0.6) is 0 Å². The van der Waals surface area contributed by atoms with Crippen LogP contribution >= 0.6 is 11.6 Å². The van der Waals surface area contributed by atoms with Crippen molar-refractivity contribution in [3.05, 3.63) is 40.9 Å². The van der Waals surface area contributed by atoms with Gasteiger partial charge in [0, 0.05) is 29.8 Å². The Morgan fingerprint density at radius 2 is 1.75 bits per heavy atom. The number of halogens is 1. The summed E-state index contributed by atoms with van der Waals surface area (Å²) in [5, 5.41) is 6.80. The second kappa shape index (κ2) is 11.5. The van der Waals surface area contributed by atoms with Crippen LogP contribution < -0.4 is 10.6 Å². The van der Waals surface area contributed by atoms with Gasteiger partial charge < -0.3 is 25.2 Å². The predicted molar refractivity (Wildman–Crippen MR) is 154 cm³/mol. The highest BCUT2D eigenvalue weighted by Crippen LogP contribution is 2.55. The second-order valence-electron chi connectivity index (χ2n) is 12.3. The first-order valence-electron chi connectivity index (χ1n) is 15.1. The molecule has 0 aromatic heterocycles. The van der Waals surface area contributed by atoms with E-state index in [4.69, 9.17) is 16.3 Å². The van der Waals surface area contributed by atoms with Gasteiger partial charge in [0.05, 0.1) is 17.9 Å². The fourth-order valence-electron chi connectivity index (χ4n) is 7.54. The molecule has 1 aliphatic carbocycles. The average Bonchev–Trinajstić information content (AvgIpc) is 3.49. The molecule has 3 unspecified atom stereocenters. The maximum Gasteiger partial charge on any atom is 0.246 e. The Hall–Kier alpha value is -2.42. The maximum atomic E-state index is 14.2. The largest absolute Gasteiger partial charge is 0.359 e. The van der Waals surface area contributed by atoms with Crippen molar-refractivity contribution in [1.29, 1.82) is 0 Å². The van der Waals surface area contributed by atoms with E-state index in [2.05, 4.69) is 15.5 Å². The minimum Gasteiger partial charge on any atom is -0.359 e. The van der Waals surface area contributed by atoms with Gasteiger partial charge in [0.15, 0.2) is 0 Å². The Bertz CT molecular complexity index is 1180. The third-order valence-corrected chi connectivity index (χ3v) is 10.1. The molecule has 8 nitrogen and oxygen atoms in total. The summed E-state index contributed by atoms with van der Waals surface area (Å²) in [6.07, 6.45) is 13.3. The monoisotopic (exact) mass is 568 g/mol. The van der Waals surface area contributed by atoms with Gasteiger partial charge in [0.1, 0.15) is 11.6 Å². The van der Waals surface area contributed by atoms with E-state index < -0.39 is 29.6 Å². The zero-order valence-electron chi connectivity index (χ0n) is 23.4. The first-order valence-corrected chi connectivity index (χ1v) is 15.5. The topological polar surface area (TPSA) is 91.0 Å². The second-order valence-corrected chi connectivity index (χ2v) is 12.7. The normalized spacial score (nSPS) is 32.2. The van der Waals surface area contributed by atoms with E-state index in [0.717, 1.165) is 57.2 Å². The van der Waals surface area contributed by atoms with E-state index in [0.29, 0.717) is 23.8 Å². The standard InChI is InChI=1S/C31H41ClN4O4/c1-20-11-12-22(19-23(20)32)34-28(37)25-24-13-14-31(40-24)26(25)30(39)36(18-17-35-15-7-2-3-8-16-35)27(31)29(38)33-21-9-5-4-6-10-21/h11-14,19,21,24-27H,2-10,15-18H2,1H3,(H,33,38)(H,34,37)/t24-,25?,26-,27?,31?/m0/s1. The van der Waals surface area contributed by atoms with Gasteiger partial charge in [-0.1, -0.05) is 61.9 Å². The van der Waals surface area contributed by atoms with E-state index in [9.17, 15) is 14.4 Å². The minimum atomic E-state index is -1.13. The van der Waals surface area contributed by atoms with Crippen molar-refractivity contribution < 1.29 is 19.1 Å². The smallest absolute Gasteiger partial charge is 0.246 e. The van der Waals surface area contributed by atoms with Gasteiger partial charge in [-0.2, -0.15) is 0 Å². The molecule has 40 heavy (non-hydrogen) atoms. The molecule has 3 amide bonds. The van der Waals surface area contributed by atoms with Crippen molar-refractivity contribution >= 4 is 35.0 Å². The first-order chi connectivity index (χ1) is 19.4. The number of nitrogens with one attached hydrogen (secondary N) is 2. The van der Waals surface area contributed by atoms with Crippen molar-refractivity contribution in [3.8, 4) is 0 Å². The Labute approximate surface area is 241 Å². The minimum absolute atomic E-state index is 0.118. The highest BCUT2D eigenvalue weighted by molar-refractivity contribution is 6.31. The molecule has 4 fully saturated rings. The molecule has 2 N–H and O–H groups in total. The van der Waals surface area contributed by atoms with E-state index >= 15 is 0 Å². The average molecular weight is 569 g/mol. The molecule has 3 saturated heterocycles. The number of amides is 3. The Morgan fingerprint density at radius 3 is 2.48 bits per heavy atom. The highest BCUT2D eigenvalue weighted by Gasteiger charge is 2.72. The zero-order chi connectivity index (χ0) is 27.9. The van der Waals surface area contributed by atoms with Crippen LogP contribution in [0.15, 0.2) is 30.4 Å². The molecule has 4 aliphatic heterocycles. The number of hydrogen-bond acceptors (Lipinski definition) is 5. The molecule has 216 valence electrons. The molecule has 4 heterocycles. The van der Waals surface area contributed by atoms with Gasteiger partial charge in [-0.3, -0.25) is 14.4 Å². The molecule has 2 bridgehead atoms. The molecular weight excluding hydrogens is 528 g/mol. The van der Waals surface area contributed by atoms with Gasteiger partial charge in [-0.25, -0.2) is 0 Å². The third kappa shape index (κ3) is 5.07. The quantitative estimate of drug-likeness (QED) is 0.484. The zero-order valence-corrected chi connectivity index (χ0v) is 24.1. The summed E-state index contributed by atoms with van der Waals surface area (Å²) in [4.78, 5) is 46.0. The third-order valence-electron chi connectivity index (χ3n) is 9.67. The number of carbonyl (C=O) groups excluding carboxylic acids is 3. The molecule has 0 radical (unpaired) electrons. The summed E-state index contributed by atoms with van der Waals surface area (Å²) < 4.78 is 6.50. The van der Waals surface area contributed by atoms with Crippen LogP contribution in [-0.2, 0) is 19.1 Å². The van der Waals surface area contributed by atoms with Crippen LogP contribution in [0.3, 0.4) is 0 Å². The summed E-state index contributed by atoms with van der Waals surface area (Å²) in [5.41, 5.74) is 0.366. The number of carbonyl (C=O) groups is 3. The summed E-state index contributed by atoms with van der Waals surface area (Å²) in [6, 6.07) is 4.72. The molecule has 1 saturated carbocycles. The molecular formula is C31H41ClN4O4. The Balaban J connectivity index is 1.26. The van der Waals surface area contributed by atoms with Crippen LogP contribution in [-0.4, -0.2) is 77.5 Å². The fourth-order valence-corrected chi connectivity index (χ4v) is 7.72. The van der Waals surface area contributed by atoms with Crippen molar-refractivity contribution in [2.75, 3.05) is 31.5 Å². The van der Waals surface area contributed by atoms with Crippen LogP contribution in [0.25, 0.3) is 0 Å². The SMILES string of the molecule is Cc1ccc(NC(=O)C2[C@@H]3C=CC4(O3)C(C(=O)NC3CCCCC3)N(CCN3CCCCCC3)C(=O)[C@H]24)cc1Cl. The summed E-state index contributed by atoms with van der Waals surface area (Å²) in [5.74, 6) is -2.06. The van der Waals surface area contributed by atoms with Gasteiger partial charge in [-0.15, -0.1) is 0 Å². The van der Waals surface area contributed by atoms with Crippen molar-refractivity contribution in [1.82, 2.24) is 15.1 Å². The number of hydrogen-bond donors (Lipinski definition) is 2. The van der Waals surface area contributed by atoms with Gasteiger partial charge in [0.25, 0.3) is 0 Å². The molecule has 1 aromatic carbocycles. The summed E-state index contributed by atoms with van der Waals surface area (Å²) in [7, 11) is 0. The molecule has 9 heteroatoms. The lowest BCUT2D eigenvalue weighted by Crippen LogP contribution is -2.57. The van der Waals surface area contributed by atoms with Crippen molar-refractivity contribution in [2.45, 2.75) is 88.5 Å². The van der Waals surface area contributed by atoms with E-state index in [1.807, 2.05) is 31.2 Å². The number of benzene rings is 1. The van der Waals surface area contributed by atoms with Crippen LogP contribution in [0.1, 0.15) is 63.4 Å². The number of likely N-dealkylation sites (tertiary alicyclic amines) is 2. The Morgan fingerprint density at radius 1 is 1.02 bits per heavy atom. The van der Waals surface area contributed by atoms with E-state index in [-0.39, 0.29) is 23.8 Å². The number of fused-ring (bicyclic) bond motifs is 1. The Kier molecular flexibility index (Phi) is 7.94. The van der Waals surface area contributed by atoms with Crippen LogP contribution in [0, 0.1) is 18.8 Å². The maximum absolute atomic E-state index is 14.2. The van der Waals surface area contributed by atoms with Gasteiger partial charge >= 0.3 is 0 Å². The van der Waals surface area contributed by atoms with E-state index in [1.165, 1.54) is 19.3 Å². The number of ether oxygens (including phenoxy) is 1. The van der Waals surface area contributed by atoms with Gasteiger partial charge in [-0.05, 0) is 63.4 Å². The highest BCUT2D eigenvalue weighted by atomic mass is 35.5. The lowest BCUT2D eigenvalue weighted by atomic mass is 9.74. The van der Waals surface area contributed by atoms with E-state index in [1.54, 1.807) is 11.0 Å². The predicted octanol–water partition coefficient (Wildman–Crippen LogP) is 4.06.